The van der Waals surface area contributed by atoms with E-state index in [0.29, 0.717) is 0 Å². The van der Waals surface area contributed by atoms with Crippen molar-refractivity contribution in [3.05, 3.63) is 0 Å². The molecule has 0 saturated carbocycles. The Labute approximate surface area is 61.8 Å². The average molecular weight is 195 g/mol. The molecule has 0 atom stereocenters. The van der Waals surface area contributed by atoms with Crippen molar-refractivity contribution in [2.75, 3.05) is 5.33 Å². The highest BCUT2D eigenvalue weighted by Crippen LogP contribution is 2.11. The molecule has 0 rings (SSSR count). The lowest BCUT2D eigenvalue weighted by Crippen LogP contribution is -2.18. The third kappa shape index (κ3) is 6.70. The molecule has 0 radical (unpaired) electrons. The first-order valence-corrected chi connectivity index (χ1v) is 7.95. The number of halogens is 1. The predicted octanol–water partition coefficient (Wildman–Crippen LogP) is 3.11. The smallest absolute Gasteiger partial charge is 0.0442 e. The Kier molecular flexibility index (Phi) is 3.99. The Bertz CT molecular complexity index is 56.0. The van der Waals surface area contributed by atoms with Gasteiger partial charge in [0.15, 0.2) is 0 Å². The van der Waals surface area contributed by atoms with E-state index in [4.69, 9.17) is 0 Å². The maximum atomic E-state index is 3.42. The Hall–Kier alpha value is 0.697. The van der Waals surface area contributed by atoms with Crippen LogP contribution < -0.4 is 0 Å². The molecule has 0 fully saturated rings. The zero-order valence-corrected chi connectivity index (χ0v) is 8.59. The van der Waals surface area contributed by atoms with Crippen LogP contribution in [0.4, 0.5) is 0 Å². The molecule has 0 aromatic rings. The molecule has 2 heteroatoms. The van der Waals surface area contributed by atoms with Crippen molar-refractivity contribution in [1.82, 2.24) is 0 Å². The molecule has 0 nitrogen and oxygen atoms in total. The topological polar surface area (TPSA) is 0 Å². The van der Waals surface area contributed by atoms with E-state index in [1.165, 1.54) is 17.8 Å². The molecular weight excluding hydrogens is 180 g/mol. The zero-order valence-electron chi connectivity index (χ0n) is 6.00. The van der Waals surface area contributed by atoms with Gasteiger partial charge in [0.2, 0.25) is 0 Å². The summed E-state index contributed by atoms with van der Waals surface area (Å²) in [6.45, 7) is 7.24. The number of hydrogen-bond acceptors (Lipinski definition) is 0. The molecule has 0 aliphatic carbocycles. The molecule has 0 unspecified atom stereocenters. The minimum Gasteiger partial charge on any atom is -0.0928 e. The quantitative estimate of drug-likeness (QED) is 0.479. The highest BCUT2D eigenvalue weighted by atomic mass is 79.9. The van der Waals surface area contributed by atoms with E-state index >= 15 is 0 Å². The lowest BCUT2D eigenvalue weighted by molar-refractivity contribution is 1.07. The van der Waals surface area contributed by atoms with Crippen LogP contribution in [-0.4, -0.2) is 13.4 Å². The van der Waals surface area contributed by atoms with Crippen LogP contribution in [0.5, 0.6) is 0 Å². The van der Waals surface area contributed by atoms with Crippen LogP contribution in [0.25, 0.3) is 0 Å². The van der Waals surface area contributed by atoms with Crippen molar-refractivity contribution in [2.45, 2.75) is 32.1 Å². The predicted molar refractivity (Wildman–Crippen MR) is 46.6 cm³/mol. The van der Waals surface area contributed by atoms with Gasteiger partial charge in [0.05, 0.1) is 0 Å². The van der Waals surface area contributed by atoms with E-state index in [0.717, 1.165) is 0 Å². The summed E-state index contributed by atoms with van der Waals surface area (Å²) in [4.78, 5) is 0. The van der Waals surface area contributed by atoms with Crippen molar-refractivity contribution in [3.63, 3.8) is 0 Å². The van der Waals surface area contributed by atoms with Crippen molar-refractivity contribution in [3.8, 4) is 0 Å². The standard InChI is InChI=1S/C6H15BrSi/c1-8(2,3)6-4-5-7/h4-6H2,1-3H3. The normalized spacial score (nSPS) is 12.0. The molecule has 0 aliphatic heterocycles. The van der Waals surface area contributed by atoms with Gasteiger partial charge in [0, 0.05) is 13.4 Å². The van der Waals surface area contributed by atoms with Gasteiger partial charge in [-0.2, -0.15) is 0 Å². The van der Waals surface area contributed by atoms with E-state index in [-0.39, 0.29) is 0 Å². The van der Waals surface area contributed by atoms with Crippen molar-refractivity contribution >= 4 is 24.0 Å². The fourth-order valence-electron chi connectivity index (χ4n) is 0.597. The van der Waals surface area contributed by atoms with Crippen LogP contribution in [0.1, 0.15) is 6.42 Å². The number of alkyl halides is 1. The number of rotatable bonds is 3. The summed E-state index contributed by atoms with van der Waals surface area (Å²) < 4.78 is 0. The van der Waals surface area contributed by atoms with E-state index in [9.17, 15) is 0 Å². The second-order valence-corrected chi connectivity index (χ2v) is 9.77. The second-order valence-electron chi connectivity index (χ2n) is 3.35. The fourth-order valence-corrected chi connectivity index (χ4v) is 2.63. The van der Waals surface area contributed by atoms with Crippen LogP contribution in [0, 0.1) is 0 Å². The summed E-state index contributed by atoms with van der Waals surface area (Å²) in [5.41, 5.74) is 0. The molecule has 0 amide bonds. The second kappa shape index (κ2) is 3.67. The largest absolute Gasteiger partial charge is 0.0928 e. The van der Waals surface area contributed by atoms with Gasteiger partial charge in [0.1, 0.15) is 0 Å². The Morgan fingerprint density at radius 3 is 1.88 bits per heavy atom. The molecule has 0 N–H and O–H groups in total. The minimum absolute atomic E-state index is 0.708. The first-order chi connectivity index (χ1) is 3.56. The van der Waals surface area contributed by atoms with Gasteiger partial charge in [-0.3, -0.25) is 0 Å². The highest BCUT2D eigenvalue weighted by molar-refractivity contribution is 9.09. The van der Waals surface area contributed by atoms with Gasteiger partial charge in [-0.05, 0) is 6.42 Å². The zero-order chi connectivity index (χ0) is 6.62. The molecular formula is C6H15BrSi. The van der Waals surface area contributed by atoms with Gasteiger partial charge < -0.3 is 0 Å². The Balaban J connectivity index is 3.11. The summed E-state index contributed by atoms with van der Waals surface area (Å²) >= 11 is 3.42. The van der Waals surface area contributed by atoms with Crippen LogP contribution >= 0.6 is 15.9 Å². The summed E-state index contributed by atoms with van der Waals surface area (Å²) in [6, 6.07) is 1.46. The van der Waals surface area contributed by atoms with E-state index in [1.54, 1.807) is 0 Å². The first kappa shape index (κ1) is 8.70. The van der Waals surface area contributed by atoms with Crippen LogP contribution in [0.2, 0.25) is 25.7 Å². The monoisotopic (exact) mass is 194 g/mol. The molecule has 0 spiro atoms. The van der Waals surface area contributed by atoms with Crippen LogP contribution in [0.3, 0.4) is 0 Å². The maximum Gasteiger partial charge on any atom is 0.0442 e. The summed E-state index contributed by atoms with van der Waals surface area (Å²) in [6.07, 6.45) is 1.36. The lowest BCUT2D eigenvalue weighted by atomic mass is 10.6. The summed E-state index contributed by atoms with van der Waals surface area (Å²) in [5.74, 6) is 0. The van der Waals surface area contributed by atoms with Crippen LogP contribution in [0.15, 0.2) is 0 Å². The summed E-state index contributed by atoms with van der Waals surface area (Å²) in [5, 5.41) is 1.18. The van der Waals surface area contributed by atoms with Gasteiger partial charge in [-0.25, -0.2) is 0 Å². The van der Waals surface area contributed by atoms with Crippen molar-refractivity contribution < 1.29 is 0 Å². The van der Waals surface area contributed by atoms with E-state index in [2.05, 4.69) is 35.6 Å². The van der Waals surface area contributed by atoms with Gasteiger partial charge >= 0.3 is 0 Å². The lowest BCUT2D eigenvalue weighted by Gasteiger charge is -2.13. The molecule has 0 aliphatic rings. The SMILES string of the molecule is C[Si](C)(C)CCCBr. The molecule has 0 aromatic carbocycles. The number of hydrogen-bond donors (Lipinski definition) is 0. The average Bonchev–Trinajstić information content (AvgIpc) is 1.59. The third-order valence-corrected chi connectivity index (χ3v) is 3.47. The molecule has 8 heavy (non-hydrogen) atoms. The highest BCUT2D eigenvalue weighted by Gasteiger charge is 2.10. The molecule has 0 heterocycles. The van der Waals surface area contributed by atoms with E-state index in [1.807, 2.05) is 0 Å². The van der Waals surface area contributed by atoms with Crippen molar-refractivity contribution in [1.29, 1.82) is 0 Å². The van der Waals surface area contributed by atoms with Gasteiger partial charge in [0.25, 0.3) is 0 Å². The third-order valence-electron chi connectivity index (χ3n) is 1.06. The van der Waals surface area contributed by atoms with Gasteiger partial charge in [-0.15, -0.1) is 0 Å². The van der Waals surface area contributed by atoms with Crippen LogP contribution in [-0.2, 0) is 0 Å². The molecule has 50 valence electrons. The molecule has 0 aromatic heterocycles. The summed E-state index contributed by atoms with van der Waals surface area (Å²) in [7, 11) is -0.708. The Morgan fingerprint density at radius 1 is 1.25 bits per heavy atom. The molecule has 0 bridgehead atoms. The minimum atomic E-state index is -0.708. The first-order valence-electron chi connectivity index (χ1n) is 3.12. The maximum absolute atomic E-state index is 3.42. The molecule has 0 saturated heterocycles. The fraction of sp³-hybridized carbons (Fsp3) is 1.00. The van der Waals surface area contributed by atoms with Crippen molar-refractivity contribution in [2.24, 2.45) is 0 Å². The van der Waals surface area contributed by atoms with Gasteiger partial charge in [-0.1, -0.05) is 41.6 Å². The Morgan fingerprint density at radius 2 is 1.75 bits per heavy atom. The van der Waals surface area contributed by atoms with E-state index < -0.39 is 8.07 Å².